The highest BCUT2D eigenvalue weighted by molar-refractivity contribution is 4.94. The number of nitrogens with zero attached hydrogens (tertiary/aromatic N) is 1. The van der Waals surface area contributed by atoms with Gasteiger partial charge in [-0.05, 0) is 32.2 Å². The second-order valence-corrected chi connectivity index (χ2v) is 4.80. The maximum atomic E-state index is 9.53. The molecule has 16 heavy (non-hydrogen) atoms. The number of nitrogens with two attached hydrogens (primary N) is 1. The molecule has 3 unspecified atom stereocenters. The minimum absolute atomic E-state index is 0.0719. The molecule has 0 heterocycles. The Balaban J connectivity index is 2.58. The summed E-state index contributed by atoms with van der Waals surface area (Å²) in [5.74, 6) is 0.612. The van der Waals surface area contributed by atoms with Crippen molar-refractivity contribution in [3.8, 4) is 0 Å². The van der Waals surface area contributed by atoms with Gasteiger partial charge >= 0.3 is 0 Å². The Bertz CT molecular complexity index is 197. The summed E-state index contributed by atoms with van der Waals surface area (Å²) in [6, 6.07) is 0.476. The molecule has 4 nitrogen and oxygen atoms in total. The van der Waals surface area contributed by atoms with Gasteiger partial charge in [-0.1, -0.05) is 6.92 Å². The van der Waals surface area contributed by atoms with Gasteiger partial charge in [0.15, 0.2) is 0 Å². The first-order valence-corrected chi connectivity index (χ1v) is 6.26. The van der Waals surface area contributed by atoms with Crippen molar-refractivity contribution in [3.63, 3.8) is 0 Å². The molecule has 0 bridgehead atoms. The lowest BCUT2D eigenvalue weighted by atomic mass is 10.0. The Morgan fingerprint density at radius 2 is 2.12 bits per heavy atom. The highest BCUT2D eigenvalue weighted by atomic mass is 16.5. The zero-order chi connectivity index (χ0) is 12.1. The van der Waals surface area contributed by atoms with Crippen LogP contribution in [0, 0.1) is 5.92 Å². The molecule has 0 spiro atoms. The van der Waals surface area contributed by atoms with Crippen LogP contribution in [-0.2, 0) is 4.74 Å². The van der Waals surface area contributed by atoms with Crippen molar-refractivity contribution in [1.29, 1.82) is 0 Å². The van der Waals surface area contributed by atoms with Crippen molar-refractivity contribution < 1.29 is 9.84 Å². The lowest BCUT2D eigenvalue weighted by molar-refractivity contribution is 0.0351. The number of aliphatic hydroxyl groups excluding tert-OH is 1. The fourth-order valence-corrected chi connectivity index (χ4v) is 2.45. The Labute approximate surface area is 98.8 Å². The molecule has 1 fully saturated rings. The van der Waals surface area contributed by atoms with Gasteiger partial charge in [0.25, 0.3) is 0 Å². The SMILES string of the molecule is CCN(C(C)COC)C(CO)C(N)C1CC1. The van der Waals surface area contributed by atoms with E-state index >= 15 is 0 Å². The summed E-state index contributed by atoms with van der Waals surface area (Å²) < 4.78 is 5.17. The average Bonchev–Trinajstić information content (AvgIpc) is 3.08. The Kier molecular flexibility index (Phi) is 5.69. The first-order valence-electron chi connectivity index (χ1n) is 6.26. The van der Waals surface area contributed by atoms with Crippen LogP contribution in [0.1, 0.15) is 26.7 Å². The van der Waals surface area contributed by atoms with E-state index in [1.807, 2.05) is 0 Å². The van der Waals surface area contributed by atoms with E-state index in [1.165, 1.54) is 12.8 Å². The number of hydrogen-bond acceptors (Lipinski definition) is 4. The summed E-state index contributed by atoms with van der Waals surface area (Å²) in [7, 11) is 1.71. The fraction of sp³-hybridized carbons (Fsp3) is 1.00. The molecule has 0 amide bonds. The maximum absolute atomic E-state index is 9.53. The summed E-state index contributed by atoms with van der Waals surface area (Å²) in [4.78, 5) is 2.26. The number of rotatable bonds is 8. The van der Waals surface area contributed by atoms with Gasteiger partial charge in [-0.3, -0.25) is 4.90 Å². The normalized spacial score (nSPS) is 22.1. The van der Waals surface area contributed by atoms with E-state index in [-0.39, 0.29) is 18.7 Å². The van der Waals surface area contributed by atoms with Gasteiger partial charge < -0.3 is 15.6 Å². The van der Waals surface area contributed by atoms with Gasteiger partial charge in [-0.25, -0.2) is 0 Å². The zero-order valence-electron chi connectivity index (χ0n) is 10.7. The molecule has 0 aromatic rings. The molecule has 0 aromatic heterocycles. The van der Waals surface area contributed by atoms with Crippen molar-refractivity contribution in [1.82, 2.24) is 4.90 Å². The second kappa shape index (κ2) is 6.55. The predicted molar refractivity (Wildman–Crippen MR) is 65.3 cm³/mol. The lowest BCUT2D eigenvalue weighted by Crippen LogP contribution is -2.55. The highest BCUT2D eigenvalue weighted by Gasteiger charge is 2.37. The molecule has 0 saturated heterocycles. The monoisotopic (exact) mass is 230 g/mol. The molecule has 3 N–H and O–H groups in total. The number of aliphatic hydroxyl groups is 1. The number of hydrogen-bond donors (Lipinski definition) is 2. The van der Waals surface area contributed by atoms with Crippen molar-refractivity contribution in [2.24, 2.45) is 11.7 Å². The quantitative estimate of drug-likeness (QED) is 0.635. The van der Waals surface area contributed by atoms with Crippen LogP contribution < -0.4 is 5.73 Å². The molecule has 0 aromatic carbocycles. The van der Waals surface area contributed by atoms with Gasteiger partial charge in [0.05, 0.1) is 13.2 Å². The molecule has 1 saturated carbocycles. The van der Waals surface area contributed by atoms with E-state index in [9.17, 15) is 5.11 Å². The third kappa shape index (κ3) is 3.42. The minimum atomic E-state index is 0.0719. The van der Waals surface area contributed by atoms with Crippen molar-refractivity contribution in [3.05, 3.63) is 0 Å². The van der Waals surface area contributed by atoms with Crippen LogP contribution in [0.4, 0.5) is 0 Å². The summed E-state index contributed by atoms with van der Waals surface area (Å²) >= 11 is 0. The molecule has 1 aliphatic carbocycles. The lowest BCUT2D eigenvalue weighted by Gasteiger charge is -2.37. The Morgan fingerprint density at radius 3 is 2.50 bits per heavy atom. The van der Waals surface area contributed by atoms with Gasteiger partial charge in [0.1, 0.15) is 0 Å². The molecule has 1 rings (SSSR count). The predicted octanol–water partition coefficient (Wildman–Crippen LogP) is 0.441. The molecule has 0 aliphatic heterocycles. The van der Waals surface area contributed by atoms with Crippen LogP contribution in [0.5, 0.6) is 0 Å². The molecule has 3 atom stereocenters. The summed E-state index contributed by atoms with van der Waals surface area (Å²) in [6.07, 6.45) is 2.43. The fourth-order valence-electron chi connectivity index (χ4n) is 2.45. The van der Waals surface area contributed by atoms with E-state index in [0.29, 0.717) is 18.6 Å². The molecular weight excluding hydrogens is 204 g/mol. The molecule has 0 radical (unpaired) electrons. The Morgan fingerprint density at radius 1 is 1.50 bits per heavy atom. The van der Waals surface area contributed by atoms with Crippen LogP contribution >= 0.6 is 0 Å². The van der Waals surface area contributed by atoms with Crippen molar-refractivity contribution in [2.45, 2.75) is 44.8 Å². The van der Waals surface area contributed by atoms with E-state index in [2.05, 4.69) is 18.7 Å². The number of ether oxygens (including phenoxy) is 1. The van der Waals surface area contributed by atoms with Crippen LogP contribution in [0.25, 0.3) is 0 Å². The average molecular weight is 230 g/mol. The third-order valence-corrected chi connectivity index (χ3v) is 3.56. The van der Waals surface area contributed by atoms with Gasteiger partial charge in [-0.15, -0.1) is 0 Å². The maximum Gasteiger partial charge on any atom is 0.0615 e. The van der Waals surface area contributed by atoms with E-state index in [4.69, 9.17) is 10.5 Å². The minimum Gasteiger partial charge on any atom is -0.395 e. The molecule has 1 aliphatic rings. The molecule has 4 heteroatoms. The van der Waals surface area contributed by atoms with Gasteiger partial charge in [0.2, 0.25) is 0 Å². The molecule has 96 valence electrons. The number of methoxy groups -OCH3 is 1. The van der Waals surface area contributed by atoms with E-state index in [1.54, 1.807) is 7.11 Å². The van der Waals surface area contributed by atoms with Crippen LogP contribution in [0.15, 0.2) is 0 Å². The Hall–Kier alpha value is -0.160. The first kappa shape index (κ1) is 13.9. The third-order valence-electron chi connectivity index (χ3n) is 3.56. The van der Waals surface area contributed by atoms with E-state index in [0.717, 1.165) is 6.54 Å². The highest BCUT2D eigenvalue weighted by Crippen LogP contribution is 2.34. The van der Waals surface area contributed by atoms with Crippen LogP contribution in [0.2, 0.25) is 0 Å². The van der Waals surface area contributed by atoms with Crippen LogP contribution in [-0.4, -0.2) is 55.0 Å². The smallest absolute Gasteiger partial charge is 0.0615 e. The topological polar surface area (TPSA) is 58.7 Å². The summed E-state index contributed by atoms with van der Waals surface area (Å²) in [5.41, 5.74) is 6.20. The molecular formula is C12H26N2O2. The van der Waals surface area contributed by atoms with Gasteiger partial charge in [-0.2, -0.15) is 0 Å². The van der Waals surface area contributed by atoms with E-state index < -0.39 is 0 Å². The van der Waals surface area contributed by atoms with Crippen LogP contribution in [0.3, 0.4) is 0 Å². The van der Waals surface area contributed by atoms with Crippen molar-refractivity contribution in [2.75, 3.05) is 26.9 Å². The summed E-state index contributed by atoms with van der Waals surface area (Å²) in [5, 5.41) is 9.53. The van der Waals surface area contributed by atoms with Crippen molar-refractivity contribution >= 4 is 0 Å². The summed E-state index contributed by atoms with van der Waals surface area (Å²) in [6.45, 7) is 5.95. The first-order chi connectivity index (χ1) is 7.65. The zero-order valence-corrected chi connectivity index (χ0v) is 10.7. The standard InChI is InChI=1S/C12H26N2O2/c1-4-14(9(2)8-16-3)11(7-15)12(13)10-5-6-10/h9-12,15H,4-8,13H2,1-3H3. The number of likely N-dealkylation sites (N-methyl/N-ethyl adjacent to an activating group) is 1. The van der Waals surface area contributed by atoms with Gasteiger partial charge in [0, 0.05) is 25.2 Å². The largest absolute Gasteiger partial charge is 0.395 e. The second-order valence-electron chi connectivity index (χ2n) is 4.80.